The van der Waals surface area contributed by atoms with Gasteiger partial charge in [-0.25, -0.2) is 0 Å². The summed E-state index contributed by atoms with van der Waals surface area (Å²) in [6, 6.07) is 0. The summed E-state index contributed by atoms with van der Waals surface area (Å²) in [5, 5.41) is 0. The van der Waals surface area contributed by atoms with Gasteiger partial charge in [0.15, 0.2) is 0 Å². The lowest BCUT2D eigenvalue weighted by Crippen LogP contribution is -1.86. The van der Waals surface area contributed by atoms with Crippen molar-refractivity contribution in [3.8, 4) is 0 Å². The van der Waals surface area contributed by atoms with E-state index in [-0.39, 0.29) is 0 Å². The fourth-order valence-electron chi connectivity index (χ4n) is 0.485. The molecule has 11 heavy (non-hydrogen) atoms. The Labute approximate surface area is 65.4 Å². The van der Waals surface area contributed by atoms with Crippen molar-refractivity contribution in [2.75, 3.05) is 13.7 Å². The lowest BCUT2D eigenvalue weighted by atomic mass is 10.2. The Bertz CT molecular complexity index is 180. The summed E-state index contributed by atoms with van der Waals surface area (Å²) in [5.74, 6) is 0. The van der Waals surface area contributed by atoms with Gasteiger partial charge < -0.3 is 4.74 Å². The van der Waals surface area contributed by atoms with Gasteiger partial charge in [-0.2, -0.15) is 0 Å². The monoisotopic (exact) mass is 154 g/mol. The van der Waals surface area contributed by atoms with Gasteiger partial charge in [-0.05, 0) is 18.2 Å². The van der Waals surface area contributed by atoms with E-state index in [2.05, 4.69) is 0 Å². The Morgan fingerprint density at radius 3 is 2.64 bits per heavy atom. The molecule has 0 fully saturated rings. The van der Waals surface area contributed by atoms with Gasteiger partial charge in [-0.1, -0.05) is 0 Å². The first-order chi connectivity index (χ1) is 5.35. The highest BCUT2D eigenvalue weighted by atomic mass is 16.5. The van der Waals surface area contributed by atoms with Crippen LogP contribution in [-0.4, -0.2) is 26.3 Å². The van der Waals surface area contributed by atoms with Crippen molar-refractivity contribution in [2.45, 2.75) is 0 Å². The second-order valence-electron chi connectivity index (χ2n) is 1.77. The van der Waals surface area contributed by atoms with Crippen molar-refractivity contribution in [3.63, 3.8) is 0 Å². The summed E-state index contributed by atoms with van der Waals surface area (Å²) in [5.41, 5.74) is 0.443. The average Bonchev–Trinajstić information content (AvgIpc) is 2.05. The maximum absolute atomic E-state index is 10.2. The molecule has 0 spiro atoms. The molecule has 60 valence electrons. The maximum Gasteiger partial charge on any atom is 0.149 e. The molecular formula is C8H10O3. The highest BCUT2D eigenvalue weighted by Gasteiger charge is 1.85. The van der Waals surface area contributed by atoms with Crippen LogP contribution in [0.1, 0.15) is 0 Å². The Morgan fingerprint density at radius 1 is 1.45 bits per heavy atom. The van der Waals surface area contributed by atoms with Crippen molar-refractivity contribution in [1.29, 1.82) is 0 Å². The smallest absolute Gasteiger partial charge is 0.149 e. The van der Waals surface area contributed by atoms with Crippen LogP contribution in [0.3, 0.4) is 0 Å². The zero-order valence-corrected chi connectivity index (χ0v) is 6.32. The van der Waals surface area contributed by atoms with E-state index >= 15 is 0 Å². The first-order valence-electron chi connectivity index (χ1n) is 3.11. The number of hydrogen-bond acceptors (Lipinski definition) is 3. The number of carbonyl (C=O) groups excluding carboxylic acids is 2. The topological polar surface area (TPSA) is 43.4 Å². The fraction of sp³-hybridized carbons (Fsp3) is 0.250. The van der Waals surface area contributed by atoms with E-state index < -0.39 is 0 Å². The van der Waals surface area contributed by atoms with E-state index in [1.54, 1.807) is 6.08 Å². The SMILES string of the molecule is COC/C=C(C=O)\C=C/C=O. The lowest BCUT2D eigenvalue weighted by molar-refractivity contribution is -0.104. The minimum absolute atomic E-state index is 0.372. The third kappa shape index (κ3) is 5.24. The van der Waals surface area contributed by atoms with E-state index in [0.717, 1.165) is 0 Å². The summed E-state index contributed by atoms with van der Waals surface area (Å²) in [4.78, 5) is 20.1. The summed E-state index contributed by atoms with van der Waals surface area (Å²) in [6.07, 6.45) is 5.56. The molecule has 0 bridgehead atoms. The van der Waals surface area contributed by atoms with E-state index in [4.69, 9.17) is 4.74 Å². The normalized spacial score (nSPS) is 11.9. The molecular weight excluding hydrogens is 144 g/mol. The molecule has 0 aliphatic carbocycles. The van der Waals surface area contributed by atoms with E-state index in [1.807, 2.05) is 0 Å². The second-order valence-corrected chi connectivity index (χ2v) is 1.77. The molecule has 0 radical (unpaired) electrons. The largest absolute Gasteiger partial charge is 0.381 e. The Kier molecular flexibility index (Phi) is 6.13. The molecule has 3 nitrogen and oxygen atoms in total. The minimum atomic E-state index is 0.372. The van der Waals surface area contributed by atoms with Crippen LogP contribution in [-0.2, 0) is 14.3 Å². The molecule has 0 amide bonds. The van der Waals surface area contributed by atoms with Gasteiger partial charge in [0.2, 0.25) is 0 Å². The average molecular weight is 154 g/mol. The summed E-state index contributed by atoms with van der Waals surface area (Å²) < 4.78 is 4.70. The van der Waals surface area contributed by atoms with Crippen LogP contribution in [0.5, 0.6) is 0 Å². The molecule has 0 heterocycles. The quantitative estimate of drug-likeness (QED) is 0.329. The van der Waals surface area contributed by atoms with Gasteiger partial charge in [-0.3, -0.25) is 9.59 Å². The predicted octanol–water partition coefficient (Wildman–Crippen LogP) is 0.513. The summed E-state index contributed by atoms with van der Waals surface area (Å²) in [6.45, 7) is 0.372. The highest BCUT2D eigenvalue weighted by molar-refractivity contribution is 5.80. The summed E-state index contributed by atoms with van der Waals surface area (Å²) in [7, 11) is 1.53. The molecule has 0 unspecified atom stereocenters. The van der Waals surface area contributed by atoms with Gasteiger partial charge >= 0.3 is 0 Å². The molecule has 0 saturated heterocycles. The van der Waals surface area contributed by atoms with Crippen LogP contribution < -0.4 is 0 Å². The van der Waals surface area contributed by atoms with Crippen molar-refractivity contribution in [2.24, 2.45) is 0 Å². The Hall–Kier alpha value is -1.22. The van der Waals surface area contributed by atoms with Crippen molar-refractivity contribution >= 4 is 12.6 Å². The van der Waals surface area contributed by atoms with E-state index in [0.29, 0.717) is 24.8 Å². The molecule has 0 atom stereocenters. The number of hydrogen-bond donors (Lipinski definition) is 0. The van der Waals surface area contributed by atoms with Gasteiger partial charge in [0.25, 0.3) is 0 Å². The molecule has 0 rings (SSSR count). The number of aldehydes is 2. The third-order valence-corrected chi connectivity index (χ3v) is 0.989. The number of allylic oxidation sites excluding steroid dienone is 3. The van der Waals surface area contributed by atoms with Gasteiger partial charge in [0.1, 0.15) is 12.6 Å². The molecule has 0 aliphatic rings. The van der Waals surface area contributed by atoms with E-state index in [1.165, 1.54) is 19.3 Å². The van der Waals surface area contributed by atoms with Crippen molar-refractivity contribution < 1.29 is 14.3 Å². The molecule has 0 aromatic carbocycles. The molecule has 0 N–H and O–H groups in total. The van der Waals surface area contributed by atoms with Crippen LogP contribution >= 0.6 is 0 Å². The summed E-state index contributed by atoms with van der Waals surface area (Å²) >= 11 is 0. The minimum Gasteiger partial charge on any atom is -0.381 e. The molecule has 0 aromatic heterocycles. The standard InChI is InChI=1S/C8H10O3/c1-11-6-4-8(7-10)3-2-5-9/h2-5,7H,6H2,1H3/b3-2-,8-4+. The highest BCUT2D eigenvalue weighted by Crippen LogP contribution is 1.90. The number of ether oxygens (including phenoxy) is 1. The Balaban J connectivity index is 4.03. The molecule has 0 saturated carbocycles. The van der Waals surface area contributed by atoms with Crippen LogP contribution in [0, 0.1) is 0 Å². The molecule has 3 heteroatoms. The number of rotatable bonds is 5. The maximum atomic E-state index is 10.2. The van der Waals surface area contributed by atoms with Gasteiger partial charge in [-0.15, -0.1) is 0 Å². The van der Waals surface area contributed by atoms with Crippen LogP contribution in [0.15, 0.2) is 23.8 Å². The molecule has 0 aromatic rings. The van der Waals surface area contributed by atoms with Crippen molar-refractivity contribution in [1.82, 2.24) is 0 Å². The first-order valence-corrected chi connectivity index (χ1v) is 3.11. The molecule has 0 aliphatic heterocycles. The number of carbonyl (C=O) groups is 2. The van der Waals surface area contributed by atoms with Gasteiger partial charge in [0, 0.05) is 12.7 Å². The van der Waals surface area contributed by atoms with Crippen LogP contribution in [0.2, 0.25) is 0 Å². The van der Waals surface area contributed by atoms with Crippen LogP contribution in [0.25, 0.3) is 0 Å². The Morgan fingerprint density at radius 2 is 2.18 bits per heavy atom. The fourth-order valence-corrected chi connectivity index (χ4v) is 0.485. The van der Waals surface area contributed by atoms with Crippen molar-refractivity contribution in [3.05, 3.63) is 23.8 Å². The van der Waals surface area contributed by atoms with Gasteiger partial charge in [0.05, 0.1) is 6.61 Å². The number of methoxy groups -OCH3 is 1. The lowest BCUT2D eigenvalue weighted by Gasteiger charge is -1.89. The first kappa shape index (κ1) is 9.78. The second kappa shape index (κ2) is 6.89. The van der Waals surface area contributed by atoms with Crippen LogP contribution in [0.4, 0.5) is 0 Å². The zero-order chi connectivity index (χ0) is 8.53. The predicted molar refractivity (Wildman–Crippen MR) is 41.2 cm³/mol. The third-order valence-electron chi connectivity index (χ3n) is 0.989. The zero-order valence-electron chi connectivity index (χ0n) is 6.32. The van der Waals surface area contributed by atoms with E-state index in [9.17, 15) is 9.59 Å².